The van der Waals surface area contributed by atoms with E-state index in [1.54, 1.807) is 34.6 Å². The van der Waals surface area contributed by atoms with E-state index < -0.39 is 45.8 Å². The highest BCUT2D eigenvalue weighted by Crippen LogP contribution is 2.68. The first-order valence-electron chi connectivity index (χ1n) is 13.6. The van der Waals surface area contributed by atoms with Gasteiger partial charge in [0.05, 0.1) is 10.8 Å². The van der Waals surface area contributed by atoms with E-state index in [1.165, 1.54) is 6.92 Å². The molecule has 0 fully saturated rings. The number of halogens is 6. The van der Waals surface area contributed by atoms with E-state index in [2.05, 4.69) is 0 Å². The summed E-state index contributed by atoms with van der Waals surface area (Å²) in [5.41, 5.74) is -5.83. The molecule has 0 aliphatic carbocycles. The van der Waals surface area contributed by atoms with Crippen LogP contribution in [-0.2, 0) is 0 Å². The summed E-state index contributed by atoms with van der Waals surface area (Å²) in [7, 11) is 0. The molecule has 0 spiro atoms. The van der Waals surface area contributed by atoms with Gasteiger partial charge in [-0.3, -0.25) is 0 Å². The Bertz CT molecular complexity index is 561. The molecule has 206 valence electrons. The molecule has 0 aliphatic heterocycles. The molecular formula is C28H52F6. The molecule has 0 bridgehead atoms. The van der Waals surface area contributed by atoms with Gasteiger partial charge in [0.15, 0.2) is 0 Å². The summed E-state index contributed by atoms with van der Waals surface area (Å²) in [6, 6.07) is 0. The molecule has 6 heteroatoms. The molecule has 0 aromatic rings. The smallest absolute Gasteiger partial charge is 0.170 e. The van der Waals surface area contributed by atoms with Crippen molar-refractivity contribution in [3.63, 3.8) is 0 Å². The lowest BCUT2D eigenvalue weighted by molar-refractivity contribution is -0.314. The molecule has 0 nitrogen and oxygen atoms in total. The molecular weight excluding hydrogens is 450 g/mol. The van der Waals surface area contributed by atoms with Gasteiger partial charge in [0.2, 0.25) is 0 Å². The Morgan fingerprint density at radius 1 is 0.529 bits per heavy atom. The van der Waals surface area contributed by atoms with Crippen molar-refractivity contribution >= 4 is 0 Å². The van der Waals surface area contributed by atoms with Crippen LogP contribution in [-0.4, -0.2) is 12.4 Å². The SMILES string of the molecule is CCC(CC)C(C)(C(CC)CCCC(C(F)(F)F)(C(C)(CC)CC)C(C)(CC)CC)C(F)(F)F. The van der Waals surface area contributed by atoms with E-state index in [0.29, 0.717) is 44.9 Å². The van der Waals surface area contributed by atoms with Crippen molar-refractivity contribution in [3.8, 4) is 0 Å². The molecule has 0 rings (SSSR count). The molecule has 0 aromatic heterocycles. The summed E-state index contributed by atoms with van der Waals surface area (Å²) in [5.74, 6) is -1.25. The van der Waals surface area contributed by atoms with Crippen molar-refractivity contribution in [2.24, 2.45) is 33.5 Å². The van der Waals surface area contributed by atoms with Crippen LogP contribution in [0.2, 0.25) is 0 Å². The first-order valence-corrected chi connectivity index (χ1v) is 13.6. The van der Waals surface area contributed by atoms with E-state index in [0.717, 1.165) is 0 Å². The Morgan fingerprint density at radius 3 is 1.12 bits per heavy atom. The van der Waals surface area contributed by atoms with Gasteiger partial charge in [0.1, 0.15) is 0 Å². The summed E-state index contributed by atoms with van der Waals surface area (Å²) in [5, 5.41) is 0. The van der Waals surface area contributed by atoms with E-state index in [1.807, 2.05) is 27.7 Å². The van der Waals surface area contributed by atoms with Crippen LogP contribution in [0, 0.1) is 33.5 Å². The fourth-order valence-corrected chi connectivity index (χ4v) is 7.34. The van der Waals surface area contributed by atoms with Crippen molar-refractivity contribution in [1.82, 2.24) is 0 Å². The van der Waals surface area contributed by atoms with Crippen LogP contribution in [0.15, 0.2) is 0 Å². The minimum atomic E-state index is -4.45. The average Bonchev–Trinajstić information content (AvgIpc) is 2.77. The Morgan fingerprint density at radius 2 is 0.882 bits per heavy atom. The molecule has 0 saturated carbocycles. The maximum Gasteiger partial charge on any atom is 0.395 e. The van der Waals surface area contributed by atoms with Gasteiger partial charge in [-0.25, -0.2) is 0 Å². The lowest BCUT2D eigenvalue weighted by Crippen LogP contribution is -2.59. The third-order valence-corrected chi connectivity index (χ3v) is 10.6. The second kappa shape index (κ2) is 12.2. The van der Waals surface area contributed by atoms with E-state index in [-0.39, 0.29) is 19.3 Å². The third kappa shape index (κ3) is 5.61. The molecule has 0 saturated heterocycles. The zero-order valence-electron chi connectivity index (χ0n) is 23.5. The topological polar surface area (TPSA) is 0 Å². The largest absolute Gasteiger partial charge is 0.395 e. The third-order valence-electron chi connectivity index (χ3n) is 10.6. The van der Waals surface area contributed by atoms with Crippen LogP contribution in [0.25, 0.3) is 0 Å². The normalized spacial score (nSPS) is 17.2. The van der Waals surface area contributed by atoms with Gasteiger partial charge in [-0.1, -0.05) is 94.9 Å². The van der Waals surface area contributed by atoms with E-state index in [9.17, 15) is 13.2 Å². The number of hydrogen-bond acceptors (Lipinski definition) is 0. The second-order valence-corrected chi connectivity index (χ2v) is 11.2. The highest BCUT2D eigenvalue weighted by atomic mass is 19.4. The van der Waals surface area contributed by atoms with Crippen LogP contribution < -0.4 is 0 Å². The van der Waals surface area contributed by atoms with Gasteiger partial charge in [-0.2, -0.15) is 26.3 Å². The average molecular weight is 503 g/mol. The Labute approximate surface area is 206 Å². The summed E-state index contributed by atoms with van der Waals surface area (Å²) in [6.07, 6.45) is -6.02. The van der Waals surface area contributed by atoms with Crippen molar-refractivity contribution in [3.05, 3.63) is 0 Å². The predicted octanol–water partition coefficient (Wildman–Crippen LogP) is 11.4. The van der Waals surface area contributed by atoms with Crippen LogP contribution in [0.3, 0.4) is 0 Å². The van der Waals surface area contributed by atoms with Gasteiger partial charge in [0, 0.05) is 0 Å². The number of rotatable bonds is 15. The van der Waals surface area contributed by atoms with Crippen LogP contribution in [0.4, 0.5) is 26.3 Å². The van der Waals surface area contributed by atoms with Gasteiger partial charge >= 0.3 is 12.4 Å². The molecule has 0 radical (unpaired) electrons. The Hall–Kier alpha value is -0.420. The van der Waals surface area contributed by atoms with Crippen molar-refractivity contribution in [2.75, 3.05) is 0 Å². The Balaban J connectivity index is 6.55. The van der Waals surface area contributed by atoms with Gasteiger partial charge < -0.3 is 0 Å². The van der Waals surface area contributed by atoms with Crippen molar-refractivity contribution in [2.45, 2.75) is 146 Å². The molecule has 0 N–H and O–H groups in total. The van der Waals surface area contributed by atoms with E-state index in [4.69, 9.17) is 0 Å². The molecule has 0 aromatic carbocycles. The number of hydrogen-bond donors (Lipinski definition) is 0. The minimum Gasteiger partial charge on any atom is -0.170 e. The van der Waals surface area contributed by atoms with Crippen LogP contribution in [0.1, 0.15) is 133 Å². The first kappa shape index (κ1) is 33.6. The van der Waals surface area contributed by atoms with Crippen molar-refractivity contribution < 1.29 is 26.3 Å². The molecule has 0 amide bonds. The van der Waals surface area contributed by atoms with Crippen molar-refractivity contribution in [1.29, 1.82) is 0 Å². The van der Waals surface area contributed by atoms with Crippen LogP contribution >= 0.6 is 0 Å². The monoisotopic (exact) mass is 502 g/mol. The zero-order valence-corrected chi connectivity index (χ0v) is 23.5. The van der Waals surface area contributed by atoms with Gasteiger partial charge in [-0.05, 0) is 61.2 Å². The second-order valence-electron chi connectivity index (χ2n) is 11.2. The summed E-state index contributed by atoms with van der Waals surface area (Å²) >= 11 is 0. The fourth-order valence-electron chi connectivity index (χ4n) is 7.34. The zero-order chi connectivity index (χ0) is 27.2. The maximum atomic E-state index is 15.2. The van der Waals surface area contributed by atoms with Crippen LogP contribution in [0.5, 0.6) is 0 Å². The quantitative estimate of drug-likeness (QED) is 0.195. The molecule has 2 atom stereocenters. The lowest BCUT2D eigenvalue weighted by Gasteiger charge is -2.59. The summed E-state index contributed by atoms with van der Waals surface area (Å²) < 4.78 is 88.9. The molecule has 0 aliphatic rings. The maximum absolute atomic E-state index is 15.2. The number of alkyl halides is 6. The Kier molecular flexibility index (Phi) is 12.1. The summed E-state index contributed by atoms with van der Waals surface area (Å²) in [6.45, 7) is 17.4. The standard InChI is InChI=1S/C28H52F6/c1-11-21(12-2)25(10,27(29,30)31)22(13-3)19-18-20-26(28(32,33)34,23(8,14-4)15-5)24(9,16-6)17-7/h21-22H,11-20H2,1-10H3. The summed E-state index contributed by atoms with van der Waals surface area (Å²) in [4.78, 5) is 0. The lowest BCUT2D eigenvalue weighted by atomic mass is 9.46. The first-order chi connectivity index (χ1) is 15.4. The highest BCUT2D eigenvalue weighted by Gasteiger charge is 2.69. The molecule has 0 heterocycles. The van der Waals surface area contributed by atoms with E-state index >= 15 is 13.2 Å². The predicted molar refractivity (Wildman–Crippen MR) is 132 cm³/mol. The van der Waals surface area contributed by atoms with Gasteiger partial charge in [0.25, 0.3) is 0 Å². The fraction of sp³-hybridized carbons (Fsp3) is 1.00. The highest BCUT2D eigenvalue weighted by molar-refractivity contribution is 5.08. The van der Waals surface area contributed by atoms with Gasteiger partial charge in [-0.15, -0.1) is 0 Å². The minimum absolute atomic E-state index is 0.125. The molecule has 34 heavy (non-hydrogen) atoms. The molecule has 2 unspecified atom stereocenters.